The van der Waals surface area contributed by atoms with Crippen LogP contribution in [-0.2, 0) is 6.18 Å². The van der Waals surface area contributed by atoms with E-state index in [1.54, 1.807) is 28.9 Å². The van der Waals surface area contributed by atoms with Crippen LogP contribution in [0, 0.1) is 0 Å². The highest BCUT2D eigenvalue weighted by Crippen LogP contribution is 2.31. The van der Waals surface area contributed by atoms with Crippen molar-refractivity contribution >= 4 is 39.0 Å². The maximum atomic E-state index is 12.8. The first-order valence-corrected chi connectivity index (χ1v) is 9.26. The molecule has 0 aliphatic rings. The minimum atomic E-state index is -4.53. The van der Waals surface area contributed by atoms with Crippen molar-refractivity contribution in [2.45, 2.75) is 6.18 Å². The minimum absolute atomic E-state index is 0.193. The lowest BCUT2D eigenvalue weighted by Crippen LogP contribution is -2.14. The van der Waals surface area contributed by atoms with Gasteiger partial charge in [0.2, 0.25) is 0 Å². The van der Waals surface area contributed by atoms with Crippen molar-refractivity contribution in [1.29, 1.82) is 0 Å². The molecule has 0 aliphatic heterocycles. The number of rotatable bonds is 3. The lowest BCUT2D eigenvalue weighted by Gasteiger charge is -2.09. The molecule has 0 bridgehead atoms. The second-order valence-electron chi connectivity index (χ2n) is 6.22. The molecule has 0 aliphatic carbocycles. The smallest absolute Gasteiger partial charge is 0.382 e. The Balaban J connectivity index is 1.60. The molecule has 3 heterocycles. The zero-order valence-corrected chi connectivity index (χ0v) is 16.6. The van der Waals surface area contributed by atoms with Gasteiger partial charge in [0.25, 0.3) is 5.91 Å². The Labute approximate surface area is 175 Å². The number of carbonyl (C=O) groups is 1. The van der Waals surface area contributed by atoms with Crippen LogP contribution in [0.15, 0.2) is 59.7 Å². The number of fused-ring (bicyclic) bond motifs is 1. The second-order valence-corrected chi connectivity index (χ2v) is 6.93. The molecular weight excluding hydrogens is 465 g/mol. The third-order valence-corrected chi connectivity index (χ3v) is 4.85. The average Bonchev–Trinajstić information content (AvgIpc) is 3.06. The summed E-state index contributed by atoms with van der Waals surface area (Å²) in [5, 5.41) is 2.37. The monoisotopic (exact) mass is 476 g/mol. The maximum absolute atomic E-state index is 12.8. The number of pyridine rings is 1. The average molecular weight is 477 g/mol. The van der Waals surface area contributed by atoms with Crippen LogP contribution in [0.4, 0.5) is 24.8 Å². The van der Waals surface area contributed by atoms with Crippen LogP contribution >= 0.6 is 15.9 Å². The molecule has 1 aromatic carbocycles. The standard InChI is InChI=1S/C19H12BrF3N6O/c20-18-28-14(15-16(24)26-7-8-29(15)18)10-1-3-11(4-2-10)17(30)27-13-9-12(5-6-25-13)19(21,22)23/h1-9H,(H2,24,26)(H,25,27,30). The fraction of sp³-hybridized carbons (Fsp3) is 0.0526. The normalized spacial score (nSPS) is 11.6. The van der Waals surface area contributed by atoms with Crippen molar-refractivity contribution in [3.8, 4) is 11.3 Å². The first-order valence-electron chi connectivity index (χ1n) is 8.47. The van der Waals surface area contributed by atoms with Gasteiger partial charge in [-0.1, -0.05) is 12.1 Å². The number of aromatic nitrogens is 4. The van der Waals surface area contributed by atoms with Crippen molar-refractivity contribution in [2.75, 3.05) is 11.1 Å². The van der Waals surface area contributed by atoms with Gasteiger partial charge in [-0.3, -0.25) is 9.20 Å². The summed E-state index contributed by atoms with van der Waals surface area (Å²) in [7, 11) is 0. The van der Waals surface area contributed by atoms with E-state index in [1.807, 2.05) is 0 Å². The van der Waals surface area contributed by atoms with Gasteiger partial charge >= 0.3 is 6.18 Å². The maximum Gasteiger partial charge on any atom is 0.416 e. The number of nitrogen functional groups attached to an aromatic ring is 1. The largest absolute Gasteiger partial charge is 0.416 e. The van der Waals surface area contributed by atoms with Crippen LogP contribution in [0.25, 0.3) is 16.8 Å². The second kappa shape index (κ2) is 7.41. The fourth-order valence-electron chi connectivity index (χ4n) is 2.87. The summed E-state index contributed by atoms with van der Waals surface area (Å²) in [6, 6.07) is 7.99. The van der Waals surface area contributed by atoms with Gasteiger partial charge in [-0.15, -0.1) is 0 Å². The molecule has 7 nitrogen and oxygen atoms in total. The van der Waals surface area contributed by atoms with Crippen LogP contribution < -0.4 is 11.1 Å². The quantitative estimate of drug-likeness (QED) is 0.456. The third-order valence-electron chi connectivity index (χ3n) is 4.29. The highest BCUT2D eigenvalue weighted by Gasteiger charge is 2.30. The number of halogens is 4. The predicted molar refractivity (Wildman–Crippen MR) is 108 cm³/mol. The number of anilines is 2. The Morgan fingerprint density at radius 2 is 1.83 bits per heavy atom. The number of amides is 1. The summed E-state index contributed by atoms with van der Waals surface area (Å²) in [6.45, 7) is 0. The Bertz CT molecular complexity index is 1250. The van der Waals surface area contributed by atoms with Gasteiger partial charge in [0.05, 0.1) is 5.56 Å². The van der Waals surface area contributed by atoms with Crippen molar-refractivity contribution in [1.82, 2.24) is 19.4 Å². The summed E-state index contributed by atoms with van der Waals surface area (Å²) >= 11 is 3.36. The lowest BCUT2D eigenvalue weighted by molar-refractivity contribution is -0.137. The number of nitrogens with two attached hydrogens (primary N) is 1. The van der Waals surface area contributed by atoms with Gasteiger partial charge in [0.1, 0.15) is 22.8 Å². The number of imidazole rings is 1. The topological polar surface area (TPSA) is 98.2 Å². The molecule has 4 aromatic rings. The zero-order chi connectivity index (χ0) is 21.5. The van der Waals surface area contributed by atoms with Crippen LogP contribution in [0.5, 0.6) is 0 Å². The third kappa shape index (κ3) is 3.71. The van der Waals surface area contributed by atoms with Crippen LogP contribution in [0.2, 0.25) is 0 Å². The number of hydrogen-bond acceptors (Lipinski definition) is 5. The van der Waals surface area contributed by atoms with Crippen molar-refractivity contribution in [3.05, 3.63) is 70.8 Å². The SMILES string of the molecule is Nc1nccn2c(Br)nc(-c3ccc(C(=O)Nc4cc(C(F)(F)F)ccn4)cc3)c12. The Kier molecular flexibility index (Phi) is 4.90. The van der Waals surface area contributed by atoms with E-state index in [4.69, 9.17) is 5.73 Å². The molecule has 0 atom stereocenters. The van der Waals surface area contributed by atoms with Crippen molar-refractivity contribution in [3.63, 3.8) is 0 Å². The molecule has 0 radical (unpaired) electrons. The van der Waals surface area contributed by atoms with Gasteiger partial charge in [-0.2, -0.15) is 13.2 Å². The van der Waals surface area contributed by atoms with Crippen molar-refractivity contribution in [2.24, 2.45) is 0 Å². The van der Waals surface area contributed by atoms with Gasteiger partial charge in [-0.25, -0.2) is 15.0 Å². The Morgan fingerprint density at radius 1 is 1.10 bits per heavy atom. The molecule has 0 saturated heterocycles. The fourth-order valence-corrected chi connectivity index (χ4v) is 3.34. The van der Waals surface area contributed by atoms with E-state index >= 15 is 0 Å². The van der Waals surface area contributed by atoms with Crippen molar-refractivity contribution < 1.29 is 18.0 Å². The first-order chi connectivity index (χ1) is 14.2. The number of benzene rings is 1. The van der Waals surface area contributed by atoms with Gasteiger partial charge in [-0.05, 0) is 40.2 Å². The minimum Gasteiger partial charge on any atom is -0.382 e. The van der Waals surface area contributed by atoms with Crippen LogP contribution in [0.1, 0.15) is 15.9 Å². The van der Waals surface area contributed by atoms with Gasteiger partial charge < -0.3 is 11.1 Å². The van der Waals surface area contributed by atoms with Crippen LogP contribution in [-0.4, -0.2) is 25.3 Å². The highest BCUT2D eigenvalue weighted by molar-refractivity contribution is 9.10. The summed E-state index contributed by atoms with van der Waals surface area (Å²) in [5.41, 5.74) is 7.18. The molecule has 30 heavy (non-hydrogen) atoms. The van der Waals surface area contributed by atoms with E-state index in [0.29, 0.717) is 27.3 Å². The van der Waals surface area contributed by atoms with Gasteiger partial charge in [0, 0.05) is 29.7 Å². The predicted octanol–water partition coefficient (Wildman–Crippen LogP) is 4.41. The number of alkyl halides is 3. The van der Waals surface area contributed by atoms with Gasteiger partial charge in [0.15, 0.2) is 4.73 Å². The molecular formula is C19H12BrF3N6O. The van der Waals surface area contributed by atoms with E-state index in [0.717, 1.165) is 18.3 Å². The molecule has 0 unspecified atom stereocenters. The zero-order valence-electron chi connectivity index (χ0n) is 15.0. The molecule has 152 valence electrons. The van der Waals surface area contributed by atoms with Crippen LogP contribution in [0.3, 0.4) is 0 Å². The Hall–Kier alpha value is -3.47. The molecule has 0 fully saturated rings. The molecule has 3 N–H and O–H groups in total. The molecule has 1 amide bonds. The first kappa shape index (κ1) is 19.8. The summed E-state index contributed by atoms with van der Waals surface area (Å²) in [5.74, 6) is -0.490. The summed E-state index contributed by atoms with van der Waals surface area (Å²) in [6.07, 6.45) is -0.284. The lowest BCUT2D eigenvalue weighted by atomic mass is 10.1. The van der Waals surface area contributed by atoms with E-state index in [9.17, 15) is 18.0 Å². The number of nitrogens with one attached hydrogen (secondary N) is 1. The summed E-state index contributed by atoms with van der Waals surface area (Å²) in [4.78, 5) is 24.7. The number of nitrogens with zero attached hydrogens (tertiary/aromatic N) is 4. The molecule has 3 aromatic heterocycles. The summed E-state index contributed by atoms with van der Waals surface area (Å²) < 4.78 is 40.7. The van der Waals surface area contributed by atoms with E-state index in [1.165, 1.54) is 12.1 Å². The number of hydrogen-bond donors (Lipinski definition) is 2. The van der Waals surface area contributed by atoms with E-state index in [-0.39, 0.29) is 11.4 Å². The van der Waals surface area contributed by atoms with E-state index in [2.05, 4.69) is 36.2 Å². The molecule has 4 rings (SSSR count). The molecule has 11 heteroatoms. The Morgan fingerprint density at radius 3 is 2.53 bits per heavy atom. The van der Waals surface area contributed by atoms with E-state index < -0.39 is 17.6 Å². The molecule has 0 saturated carbocycles. The highest BCUT2D eigenvalue weighted by atomic mass is 79.9. The molecule has 0 spiro atoms. The number of carbonyl (C=O) groups excluding carboxylic acids is 1.